The molecule has 1 N–H and O–H groups in total. The second-order valence-electron chi connectivity index (χ2n) is 4.51. The summed E-state index contributed by atoms with van der Waals surface area (Å²) in [7, 11) is 1.84. The fourth-order valence-corrected chi connectivity index (χ4v) is 2.04. The average molecular weight is 261 g/mol. The van der Waals surface area contributed by atoms with Crippen molar-refractivity contribution in [3.63, 3.8) is 0 Å². The Morgan fingerprint density at radius 3 is 2.63 bits per heavy atom. The van der Waals surface area contributed by atoms with E-state index in [1.807, 2.05) is 44.8 Å². The lowest BCUT2D eigenvalue weighted by Gasteiger charge is -2.04. The van der Waals surface area contributed by atoms with Crippen LogP contribution >= 0.6 is 0 Å². The van der Waals surface area contributed by atoms with Gasteiger partial charge in [-0.25, -0.2) is 0 Å². The second kappa shape index (κ2) is 5.26. The molecule has 0 aliphatic heterocycles. The van der Waals surface area contributed by atoms with E-state index in [1.54, 1.807) is 4.68 Å². The molecule has 2 rings (SSSR count). The van der Waals surface area contributed by atoms with E-state index in [9.17, 15) is 4.79 Å². The Morgan fingerprint density at radius 1 is 1.37 bits per heavy atom. The molecule has 0 saturated carbocycles. The van der Waals surface area contributed by atoms with Gasteiger partial charge in [0.15, 0.2) is 0 Å². The van der Waals surface area contributed by atoms with Crippen LogP contribution in [0.25, 0.3) is 0 Å². The van der Waals surface area contributed by atoms with Crippen molar-refractivity contribution in [1.82, 2.24) is 24.9 Å². The van der Waals surface area contributed by atoms with Crippen LogP contribution in [0.4, 0.5) is 0 Å². The number of hydrogen-bond donors (Lipinski definition) is 1. The lowest BCUT2D eigenvalue weighted by Crippen LogP contribution is -2.24. The van der Waals surface area contributed by atoms with Gasteiger partial charge in [-0.15, -0.1) is 0 Å². The number of aryl methyl sites for hydroxylation is 3. The molecule has 6 nitrogen and oxygen atoms in total. The van der Waals surface area contributed by atoms with Gasteiger partial charge < -0.3 is 5.32 Å². The van der Waals surface area contributed by atoms with Crippen molar-refractivity contribution in [3.8, 4) is 0 Å². The van der Waals surface area contributed by atoms with Gasteiger partial charge in [0, 0.05) is 25.5 Å². The molecule has 1 amide bonds. The van der Waals surface area contributed by atoms with Crippen molar-refractivity contribution in [2.45, 2.75) is 33.9 Å². The van der Waals surface area contributed by atoms with Crippen LogP contribution in [0.3, 0.4) is 0 Å². The number of nitrogens with zero attached hydrogens (tertiary/aromatic N) is 4. The van der Waals surface area contributed by atoms with Crippen LogP contribution in [0.2, 0.25) is 0 Å². The molecule has 0 saturated heterocycles. The summed E-state index contributed by atoms with van der Waals surface area (Å²) in [5, 5.41) is 11.4. The Bertz CT molecular complexity index is 596. The Kier molecular flexibility index (Phi) is 3.69. The van der Waals surface area contributed by atoms with Crippen LogP contribution in [-0.4, -0.2) is 25.5 Å². The quantitative estimate of drug-likeness (QED) is 0.899. The maximum Gasteiger partial charge on any atom is 0.255 e. The zero-order chi connectivity index (χ0) is 14.0. The van der Waals surface area contributed by atoms with Gasteiger partial charge in [0.25, 0.3) is 5.91 Å². The lowest BCUT2D eigenvalue weighted by molar-refractivity contribution is 0.0949. The minimum absolute atomic E-state index is 0.103. The van der Waals surface area contributed by atoms with Gasteiger partial charge in [-0.3, -0.25) is 14.2 Å². The zero-order valence-corrected chi connectivity index (χ0v) is 11.8. The van der Waals surface area contributed by atoms with E-state index in [0.29, 0.717) is 12.1 Å². The molecule has 2 aromatic heterocycles. The first-order valence-corrected chi connectivity index (χ1v) is 6.33. The fourth-order valence-electron chi connectivity index (χ4n) is 2.04. The number of nitrogens with one attached hydrogen (secondary N) is 1. The molecule has 0 radical (unpaired) electrons. The van der Waals surface area contributed by atoms with Crippen LogP contribution in [0.15, 0.2) is 12.3 Å². The number of carbonyl (C=O) groups excluding carboxylic acids is 1. The maximum atomic E-state index is 12.2. The highest BCUT2D eigenvalue weighted by Gasteiger charge is 2.17. The second-order valence-corrected chi connectivity index (χ2v) is 4.51. The molecule has 0 spiro atoms. The summed E-state index contributed by atoms with van der Waals surface area (Å²) in [5.41, 5.74) is 3.12. The number of carbonyl (C=O) groups is 1. The van der Waals surface area contributed by atoms with Gasteiger partial charge in [0.1, 0.15) is 0 Å². The number of aromatic nitrogens is 4. The standard InChI is InChI=1S/C13H19N5O/c1-5-18-7-6-11(16-18)8-14-13(19)12-9(2)15-17(4)10(12)3/h6-7H,5,8H2,1-4H3,(H,14,19). The first-order valence-electron chi connectivity index (χ1n) is 6.33. The third-order valence-corrected chi connectivity index (χ3v) is 3.19. The van der Waals surface area contributed by atoms with Crippen LogP contribution in [-0.2, 0) is 20.1 Å². The summed E-state index contributed by atoms with van der Waals surface area (Å²) >= 11 is 0. The third-order valence-electron chi connectivity index (χ3n) is 3.19. The predicted molar refractivity (Wildman–Crippen MR) is 71.8 cm³/mol. The van der Waals surface area contributed by atoms with Crippen molar-refractivity contribution in [2.24, 2.45) is 7.05 Å². The van der Waals surface area contributed by atoms with Gasteiger partial charge in [0.2, 0.25) is 0 Å². The molecular formula is C13H19N5O. The summed E-state index contributed by atoms with van der Waals surface area (Å²) in [6.07, 6.45) is 1.90. The van der Waals surface area contributed by atoms with Crippen molar-refractivity contribution in [1.29, 1.82) is 0 Å². The Morgan fingerprint density at radius 2 is 2.11 bits per heavy atom. The molecular weight excluding hydrogens is 242 g/mol. The van der Waals surface area contributed by atoms with Gasteiger partial charge >= 0.3 is 0 Å². The SMILES string of the molecule is CCn1ccc(CNC(=O)c2c(C)nn(C)c2C)n1. The van der Waals surface area contributed by atoms with Gasteiger partial charge in [-0.1, -0.05) is 0 Å². The maximum absolute atomic E-state index is 12.2. The fraction of sp³-hybridized carbons (Fsp3) is 0.462. The van der Waals surface area contributed by atoms with Gasteiger partial charge in [-0.2, -0.15) is 10.2 Å². The molecule has 0 bridgehead atoms. The molecule has 19 heavy (non-hydrogen) atoms. The summed E-state index contributed by atoms with van der Waals surface area (Å²) in [4.78, 5) is 12.2. The summed E-state index contributed by atoms with van der Waals surface area (Å²) in [6.45, 7) is 7.01. The highest BCUT2D eigenvalue weighted by atomic mass is 16.1. The monoisotopic (exact) mass is 261 g/mol. The van der Waals surface area contributed by atoms with E-state index in [1.165, 1.54) is 0 Å². The normalized spacial score (nSPS) is 10.7. The summed E-state index contributed by atoms with van der Waals surface area (Å²) in [5.74, 6) is -0.103. The average Bonchev–Trinajstić information content (AvgIpc) is 2.93. The number of amides is 1. The van der Waals surface area contributed by atoms with Crippen LogP contribution < -0.4 is 5.32 Å². The Balaban J connectivity index is 2.05. The van der Waals surface area contributed by atoms with Crippen molar-refractivity contribution in [3.05, 3.63) is 34.9 Å². The Hall–Kier alpha value is -2.11. The van der Waals surface area contributed by atoms with Gasteiger partial charge in [0.05, 0.1) is 23.5 Å². The third kappa shape index (κ3) is 2.67. The molecule has 0 fully saturated rings. The van der Waals surface area contributed by atoms with Crippen LogP contribution in [0.5, 0.6) is 0 Å². The number of rotatable bonds is 4. The van der Waals surface area contributed by atoms with Crippen LogP contribution in [0, 0.1) is 13.8 Å². The predicted octanol–water partition coefficient (Wildman–Crippen LogP) is 1.18. The molecule has 0 atom stereocenters. The molecule has 0 unspecified atom stereocenters. The van der Waals surface area contributed by atoms with E-state index < -0.39 is 0 Å². The summed E-state index contributed by atoms with van der Waals surface area (Å²) < 4.78 is 3.55. The molecule has 102 valence electrons. The Labute approximate surface area is 112 Å². The van der Waals surface area contributed by atoms with Gasteiger partial charge in [-0.05, 0) is 26.8 Å². The molecule has 2 aromatic rings. The van der Waals surface area contributed by atoms with E-state index in [4.69, 9.17) is 0 Å². The van der Waals surface area contributed by atoms with E-state index >= 15 is 0 Å². The molecule has 6 heteroatoms. The van der Waals surface area contributed by atoms with E-state index in [2.05, 4.69) is 15.5 Å². The molecule has 2 heterocycles. The number of hydrogen-bond acceptors (Lipinski definition) is 3. The summed E-state index contributed by atoms with van der Waals surface area (Å²) in [6, 6.07) is 1.91. The topological polar surface area (TPSA) is 64.7 Å². The van der Waals surface area contributed by atoms with E-state index in [-0.39, 0.29) is 5.91 Å². The molecule has 0 aromatic carbocycles. The van der Waals surface area contributed by atoms with Crippen molar-refractivity contribution in [2.75, 3.05) is 0 Å². The zero-order valence-electron chi connectivity index (χ0n) is 11.8. The highest BCUT2D eigenvalue weighted by molar-refractivity contribution is 5.96. The molecule has 0 aliphatic rings. The molecule has 0 aliphatic carbocycles. The lowest BCUT2D eigenvalue weighted by atomic mass is 10.2. The smallest absolute Gasteiger partial charge is 0.255 e. The minimum Gasteiger partial charge on any atom is -0.346 e. The highest BCUT2D eigenvalue weighted by Crippen LogP contribution is 2.11. The van der Waals surface area contributed by atoms with Crippen LogP contribution in [0.1, 0.15) is 34.4 Å². The largest absolute Gasteiger partial charge is 0.346 e. The minimum atomic E-state index is -0.103. The van der Waals surface area contributed by atoms with Crippen molar-refractivity contribution < 1.29 is 4.79 Å². The van der Waals surface area contributed by atoms with E-state index in [0.717, 1.165) is 23.6 Å². The van der Waals surface area contributed by atoms with Crippen molar-refractivity contribution >= 4 is 5.91 Å². The first kappa shape index (κ1) is 13.3. The first-order chi connectivity index (χ1) is 9.02.